The summed E-state index contributed by atoms with van der Waals surface area (Å²) in [5, 5.41) is 9.58. The minimum Gasteiger partial charge on any atom is -0.361 e. The summed E-state index contributed by atoms with van der Waals surface area (Å²) in [7, 11) is 0. The molecule has 14 rings (SSSR count). The van der Waals surface area contributed by atoms with Crippen LogP contribution in [-0.2, 0) is 0 Å². The van der Waals surface area contributed by atoms with Crippen LogP contribution in [0, 0.1) is 35.5 Å². The molecule has 7 atom stereocenters. The van der Waals surface area contributed by atoms with Crippen molar-refractivity contribution < 1.29 is 0 Å². The average Bonchev–Trinajstić information content (AvgIpc) is 3.79. The lowest BCUT2D eigenvalue weighted by Crippen LogP contribution is -2.41. The Morgan fingerprint density at radius 2 is 1.46 bits per heavy atom. The van der Waals surface area contributed by atoms with E-state index in [2.05, 4.69) is 186 Å². The fourth-order valence-electron chi connectivity index (χ4n) is 13.9. The number of fused-ring (bicyclic) bond motifs is 9. The first-order valence-electron chi connectivity index (χ1n) is 25.4. The molecule has 1 aliphatic heterocycles. The quantitative estimate of drug-likeness (QED) is 0.191. The smallest absolute Gasteiger partial charge is 0.141 e. The number of allylic oxidation sites excluding steroid dienone is 17. The van der Waals surface area contributed by atoms with E-state index in [-0.39, 0.29) is 6.17 Å². The summed E-state index contributed by atoms with van der Waals surface area (Å²) in [5.74, 6) is 4.39. The van der Waals surface area contributed by atoms with Gasteiger partial charge in [-0.2, -0.15) is 0 Å². The van der Waals surface area contributed by atoms with E-state index >= 15 is 0 Å². The molecule has 3 nitrogen and oxygen atoms in total. The molecule has 0 saturated heterocycles. The highest BCUT2D eigenvalue weighted by Gasteiger charge is 2.46. The maximum Gasteiger partial charge on any atom is 0.141 e. The third-order valence-electron chi connectivity index (χ3n) is 17.1. The molecule has 9 aliphatic rings. The van der Waals surface area contributed by atoms with Crippen LogP contribution in [0.15, 0.2) is 180 Å². The van der Waals surface area contributed by atoms with Gasteiger partial charge >= 0.3 is 0 Å². The number of imidazole rings is 1. The van der Waals surface area contributed by atoms with Gasteiger partial charge in [-0.3, -0.25) is 4.57 Å². The van der Waals surface area contributed by atoms with Gasteiger partial charge in [-0.1, -0.05) is 152 Å². The lowest BCUT2D eigenvalue weighted by Gasteiger charge is -2.49. The molecule has 3 heteroatoms. The van der Waals surface area contributed by atoms with Gasteiger partial charge in [-0.25, -0.2) is 4.98 Å². The Balaban J connectivity index is 0.827. The molecule has 5 aromatic rings. The largest absolute Gasteiger partial charge is 0.361 e. The second-order valence-corrected chi connectivity index (χ2v) is 20.6. The number of nitrogens with zero attached hydrogens (tertiary/aromatic N) is 2. The fourth-order valence-corrected chi connectivity index (χ4v) is 13.9. The highest BCUT2D eigenvalue weighted by molar-refractivity contribution is 5.86. The number of aromatic nitrogens is 2. The zero-order valence-electron chi connectivity index (χ0n) is 38.3. The van der Waals surface area contributed by atoms with Gasteiger partial charge in [0.1, 0.15) is 12.0 Å². The number of hydrogen-bond acceptors (Lipinski definition) is 2. The standard InChI is InChI=1S/C64H57N3/c1-4-14-45-35-50(28-25-40(45)11-1)61-53-17-7-8-18-54(53)62(51-29-26-41-12-2-5-15-46(41)36-51)57-38-48(31-33-55(57)61)43-21-23-44(24-22-43)49-32-34-56-59(39-49)66-63(52-30-27-42-13-3-6-16-47(42)37-52)67-60-20-10-9-19-58(60)65-64(56)67/h1-2,4-5,7-14,16,18-27,29-30,35,37-39,46,50-51,53,55,61,63,66H,3,6,15,17,28,31-34,36H2. The lowest BCUT2D eigenvalue weighted by molar-refractivity contribution is 0.205. The summed E-state index contributed by atoms with van der Waals surface area (Å²) in [4.78, 5) is 5.30. The van der Waals surface area contributed by atoms with E-state index in [1.165, 1.54) is 83.9 Å². The molecule has 4 aromatic carbocycles. The third kappa shape index (κ3) is 6.63. The van der Waals surface area contributed by atoms with Gasteiger partial charge in [0.25, 0.3) is 0 Å². The van der Waals surface area contributed by atoms with Crippen LogP contribution in [0.5, 0.6) is 0 Å². The molecule has 0 radical (unpaired) electrons. The van der Waals surface area contributed by atoms with Crippen LogP contribution in [0.25, 0.3) is 52.1 Å². The van der Waals surface area contributed by atoms with Crippen molar-refractivity contribution in [3.8, 4) is 0 Å². The van der Waals surface area contributed by atoms with E-state index in [0.717, 1.165) is 62.7 Å². The Morgan fingerprint density at radius 3 is 2.37 bits per heavy atom. The molecule has 2 heterocycles. The van der Waals surface area contributed by atoms with Crippen molar-refractivity contribution in [2.24, 2.45) is 35.5 Å². The lowest BCUT2D eigenvalue weighted by atomic mass is 9.55. The minimum atomic E-state index is -0.0388. The second-order valence-electron chi connectivity index (χ2n) is 20.6. The molecule has 7 unspecified atom stereocenters. The zero-order chi connectivity index (χ0) is 44.0. The van der Waals surface area contributed by atoms with Crippen LogP contribution in [0.1, 0.15) is 92.9 Å². The predicted octanol–water partition coefficient (Wildman–Crippen LogP) is 11.7. The van der Waals surface area contributed by atoms with Crippen molar-refractivity contribution in [2.75, 3.05) is 0 Å². The summed E-state index contributed by atoms with van der Waals surface area (Å²) < 4.78 is 2.45. The Bertz CT molecular complexity index is 3480. The molecular formula is C64H57N3. The van der Waals surface area contributed by atoms with Gasteiger partial charge in [0.05, 0.1) is 11.0 Å². The summed E-state index contributed by atoms with van der Waals surface area (Å²) in [6.45, 7) is 0. The SMILES string of the molecule is C1=CCC2CC(C3=C4C=C(c5ccc(C6=CC7=C(CC6)c6nc8ccccc8n6C(c6ccc8c(c6)=CCCC=8)N7)cc5)CCC4C(C4C=c5ccccc5=CC4)C4CC=CC=C34)C=CC2=C1. The second kappa shape index (κ2) is 16.0. The Morgan fingerprint density at radius 1 is 0.672 bits per heavy atom. The van der Waals surface area contributed by atoms with E-state index in [1.807, 2.05) is 0 Å². The molecule has 0 fully saturated rings. The number of rotatable bonds is 5. The maximum atomic E-state index is 5.30. The number of hydrogen-bond donors (Lipinski definition) is 1. The molecule has 67 heavy (non-hydrogen) atoms. The van der Waals surface area contributed by atoms with Gasteiger partial charge in [-0.15, -0.1) is 0 Å². The molecule has 1 N–H and O–H groups in total. The molecule has 0 spiro atoms. The first-order chi connectivity index (χ1) is 33.2. The molecule has 1 aromatic heterocycles. The Labute approximate surface area is 394 Å². The van der Waals surface area contributed by atoms with E-state index in [0.29, 0.717) is 35.5 Å². The predicted molar refractivity (Wildman–Crippen MR) is 277 cm³/mol. The fraction of sp³-hybridized carbons (Fsp3) is 0.266. The van der Waals surface area contributed by atoms with Gasteiger partial charge in [-0.05, 0) is 189 Å². The Kier molecular flexibility index (Phi) is 9.41. The number of benzene rings is 4. The molecule has 8 aliphatic carbocycles. The summed E-state index contributed by atoms with van der Waals surface area (Å²) in [6, 6.07) is 34.4. The van der Waals surface area contributed by atoms with Crippen LogP contribution < -0.4 is 26.2 Å². The monoisotopic (exact) mass is 867 g/mol. The average molecular weight is 868 g/mol. The number of para-hydroxylation sites is 2. The third-order valence-corrected chi connectivity index (χ3v) is 17.1. The first kappa shape index (κ1) is 39.5. The van der Waals surface area contributed by atoms with Crippen LogP contribution in [0.2, 0.25) is 0 Å². The van der Waals surface area contributed by atoms with Crippen LogP contribution in [-0.4, -0.2) is 9.55 Å². The van der Waals surface area contributed by atoms with Crippen LogP contribution in [0.3, 0.4) is 0 Å². The van der Waals surface area contributed by atoms with Crippen molar-refractivity contribution in [3.63, 3.8) is 0 Å². The maximum absolute atomic E-state index is 5.30. The topological polar surface area (TPSA) is 29.9 Å². The van der Waals surface area contributed by atoms with E-state index in [4.69, 9.17) is 4.98 Å². The summed E-state index contributed by atoms with van der Waals surface area (Å²) in [5.41, 5.74) is 18.1. The highest BCUT2D eigenvalue weighted by atomic mass is 15.2. The van der Waals surface area contributed by atoms with Crippen LogP contribution >= 0.6 is 0 Å². The van der Waals surface area contributed by atoms with Gasteiger partial charge in [0, 0.05) is 17.2 Å². The van der Waals surface area contributed by atoms with Crippen LogP contribution in [0.4, 0.5) is 0 Å². The molecule has 0 saturated carbocycles. The molecule has 328 valence electrons. The normalized spacial score (nSPS) is 27.6. The van der Waals surface area contributed by atoms with E-state index in [1.54, 1.807) is 16.7 Å². The van der Waals surface area contributed by atoms with Crippen molar-refractivity contribution in [2.45, 2.75) is 70.4 Å². The van der Waals surface area contributed by atoms with Crippen molar-refractivity contribution in [1.29, 1.82) is 0 Å². The highest BCUT2D eigenvalue weighted by Crippen LogP contribution is 2.57. The van der Waals surface area contributed by atoms with E-state index < -0.39 is 0 Å². The number of nitrogens with one attached hydrogen (secondary N) is 1. The Hall–Kier alpha value is -6.71. The zero-order valence-corrected chi connectivity index (χ0v) is 38.3. The molecule has 0 bridgehead atoms. The minimum absolute atomic E-state index is 0.0388. The van der Waals surface area contributed by atoms with Crippen molar-refractivity contribution >= 4 is 52.1 Å². The van der Waals surface area contributed by atoms with Gasteiger partial charge < -0.3 is 5.32 Å². The first-order valence-corrected chi connectivity index (χ1v) is 25.4. The van der Waals surface area contributed by atoms with Crippen molar-refractivity contribution in [3.05, 3.63) is 223 Å². The van der Waals surface area contributed by atoms with Gasteiger partial charge in [0.15, 0.2) is 0 Å². The molecule has 0 amide bonds. The summed E-state index contributed by atoms with van der Waals surface area (Å²) >= 11 is 0. The van der Waals surface area contributed by atoms with Crippen molar-refractivity contribution in [1.82, 2.24) is 14.9 Å². The molecular weight excluding hydrogens is 811 g/mol. The van der Waals surface area contributed by atoms with Gasteiger partial charge in [0.2, 0.25) is 0 Å². The summed E-state index contributed by atoms with van der Waals surface area (Å²) in [6.07, 6.45) is 45.6. The van der Waals surface area contributed by atoms with E-state index in [9.17, 15) is 0 Å².